The molecule has 0 radical (unpaired) electrons. The molecule has 0 spiro atoms. The zero-order valence-electron chi connectivity index (χ0n) is 29.0. The van der Waals surface area contributed by atoms with Gasteiger partial charge in [-0.15, -0.1) is 0 Å². The SMILES string of the molecule is COCCN1/C(=C/C=C2\CCC(/C=C/C3=[N+](CCOC)c4ccccc4C3(C)C)=C2S(=O)(=O)c2ccccc2)C(C)(C)c2ccccc21. The van der Waals surface area contributed by atoms with Crippen LogP contribution in [-0.2, 0) is 30.1 Å². The van der Waals surface area contributed by atoms with E-state index in [9.17, 15) is 8.42 Å². The number of hydrogen-bond donors (Lipinski definition) is 0. The first-order valence-electron chi connectivity index (χ1n) is 16.8. The van der Waals surface area contributed by atoms with Gasteiger partial charge in [0.05, 0.1) is 21.8 Å². The van der Waals surface area contributed by atoms with Crippen molar-refractivity contribution in [2.75, 3.05) is 45.4 Å². The molecule has 2 aliphatic heterocycles. The van der Waals surface area contributed by atoms with Gasteiger partial charge in [-0.2, -0.15) is 4.58 Å². The fourth-order valence-corrected chi connectivity index (χ4v) is 9.35. The predicted molar refractivity (Wildman–Crippen MR) is 195 cm³/mol. The summed E-state index contributed by atoms with van der Waals surface area (Å²) in [6, 6.07) is 25.8. The van der Waals surface area contributed by atoms with E-state index in [-0.39, 0.29) is 10.8 Å². The van der Waals surface area contributed by atoms with E-state index in [2.05, 4.69) is 97.9 Å². The number of benzene rings is 3. The summed E-state index contributed by atoms with van der Waals surface area (Å²) in [6.07, 6.45) is 9.65. The number of ether oxygens (including phenoxy) is 2. The Hall–Kier alpha value is -4.04. The molecule has 0 fully saturated rings. The molecule has 0 amide bonds. The van der Waals surface area contributed by atoms with Gasteiger partial charge in [0.1, 0.15) is 6.61 Å². The van der Waals surface area contributed by atoms with Gasteiger partial charge in [0, 0.05) is 55.3 Å². The largest absolute Gasteiger partial charge is 0.383 e. The molecule has 0 aromatic heterocycles. The summed E-state index contributed by atoms with van der Waals surface area (Å²) < 4.78 is 42.2. The van der Waals surface area contributed by atoms with Crippen LogP contribution in [0.4, 0.5) is 11.4 Å². The Morgan fingerprint density at radius 1 is 0.771 bits per heavy atom. The van der Waals surface area contributed by atoms with Crippen molar-refractivity contribution < 1.29 is 22.5 Å². The lowest BCUT2D eigenvalue weighted by atomic mass is 9.81. The van der Waals surface area contributed by atoms with Crippen molar-refractivity contribution in [2.45, 2.75) is 56.3 Å². The molecule has 1 aliphatic carbocycles. The van der Waals surface area contributed by atoms with Crippen molar-refractivity contribution >= 4 is 26.9 Å². The number of allylic oxidation sites excluding steroid dienone is 7. The summed E-state index contributed by atoms with van der Waals surface area (Å²) >= 11 is 0. The van der Waals surface area contributed by atoms with Gasteiger partial charge < -0.3 is 14.4 Å². The van der Waals surface area contributed by atoms with Crippen LogP contribution < -0.4 is 4.90 Å². The zero-order valence-corrected chi connectivity index (χ0v) is 29.8. The highest BCUT2D eigenvalue weighted by Crippen LogP contribution is 2.48. The van der Waals surface area contributed by atoms with Gasteiger partial charge in [-0.1, -0.05) is 80.6 Å². The third kappa shape index (κ3) is 5.93. The Bertz CT molecular complexity index is 1960. The first kappa shape index (κ1) is 33.8. The molecule has 6 rings (SSSR count). The second-order valence-corrected chi connectivity index (χ2v) is 15.6. The van der Waals surface area contributed by atoms with Crippen LogP contribution in [0.5, 0.6) is 0 Å². The van der Waals surface area contributed by atoms with Crippen molar-refractivity contribution in [1.29, 1.82) is 0 Å². The first-order valence-corrected chi connectivity index (χ1v) is 18.2. The maximum atomic E-state index is 14.5. The van der Waals surface area contributed by atoms with Crippen LogP contribution in [0, 0.1) is 0 Å². The number of hydrogen-bond acceptors (Lipinski definition) is 5. The van der Waals surface area contributed by atoms with Crippen LogP contribution in [0.25, 0.3) is 0 Å². The van der Waals surface area contributed by atoms with Crippen molar-refractivity contribution in [1.82, 2.24) is 0 Å². The van der Waals surface area contributed by atoms with Crippen LogP contribution in [0.2, 0.25) is 0 Å². The predicted octanol–water partition coefficient (Wildman–Crippen LogP) is 8.04. The Morgan fingerprint density at radius 3 is 2.17 bits per heavy atom. The van der Waals surface area contributed by atoms with Crippen LogP contribution in [0.1, 0.15) is 51.7 Å². The standard InChI is InChI=1S/C41H47N2O4S/c1-40(2)33-16-10-12-18-35(33)42(26-28-46-5)37(40)24-22-30-20-21-31(39(30)48(44,45)32-14-8-7-9-15-32)23-25-38-41(3,4)34-17-11-13-19-36(34)43(38)27-29-47-6/h7-19,22-25H,20-21,26-29H2,1-6H3/q+1. The van der Waals surface area contributed by atoms with Crippen molar-refractivity contribution in [3.8, 4) is 0 Å². The minimum Gasteiger partial charge on any atom is -0.383 e. The van der Waals surface area contributed by atoms with Crippen molar-refractivity contribution in [2.24, 2.45) is 0 Å². The summed E-state index contributed by atoms with van der Waals surface area (Å²) in [6.45, 7) is 11.5. The van der Waals surface area contributed by atoms with Crippen LogP contribution in [0.15, 0.2) is 130 Å². The lowest BCUT2D eigenvalue weighted by Crippen LogP contribution is -2.28. The van der Waals surface area contributed by atoms with Crippen molar-refractivity contribution in [3.05, 3.63) is 136 Å². The van der Waals surface area contributed by atoms with Crippen LogP contribution in [-0.4, -0.2) is 59.2 Å². The van der Waals surface area contributed by atoms with Gasteiger partial charge in [0.25, 0.3) is 0 Å². The molecule has 2 heterocycles. The Morgan fingerprint density at radius 2 is 1.44 bits per heavy atom. The molecule has 6 nitrogen and oxygen atoms in total. The van der Waals surface area contributed by atoms with Gasteiger partial charge in [-0.25, -0.2) is 8.42 Å². The second-order valence-electron chi connectivity index (χ2n) is 13.7. The summed E-state index contributed by atoms with van der Waals surface area (Å²) in [5.74, 6) is 0. The fraction of sp³-hybridized carbons (Fsp3) is 0.341. The minimum atomic E-state index is -3.79. The number of rotatable bonds is 11. The number of anilines is 1. The second kappa shape index (κ2) is 13.5. The van der Waals surface area contributed by atoms with Gasteiger partial charge >= 0.3 is 0 Å². The number of para-hydroxylation sites is 2. The van der Waals surface area contributed by atoms with Gasteiger partial charge in [0.2, 0.25) is 15.5 Å². The Balaban J connectivity index is 1.48. The molecule has 0 atom stereocenters. The van der Waals surface area contributed by atoms with E-state index in [1.54, 1.807) is 38.5 Å². The van der Waals surface area contributed by atoms with E-state index in [1.165, 1.54) is 22.5 Å². The third-order valence-electron chi connectivity index (χ3n) is 10.1. The van der Waals surface area contributed by atoms with Crippen LogP contribution >= 0.6 is 0 Å². The maximum absolute atomic E-state index is 14.5. The molecular formula is C41H47N2O4S+. The summed E-state index contributed by atoms with van der Waals surface area (Å²) in [5, 5.41) is 0. The van der Waals surface area contributed by atoms with E-state index in [0.717, 1.165) is 22.6 Å². The Kier molecular flexibility index (Phi) is 9.49. The maximum Gasteiger partial charge on any atom is 0.209 e. The number of sulfone groups is 1. The molecule has 250 valence electrons. The topological polar surface area (TPSA) is 58.9 Å². The molecule has 3 aliphatic rings. The highest BCUT2D eigenvalue weighted by Gasteiger charge is 2.44. The summed E-state index contributed by atoms with van der Waals surface area (Å²) in [7, 11) is -0.354. The van der Waals surface area contributed by atoms with E-state index in [1.807, 2.05) is 18.2 Å². The van der Waals surface area contributed by atoms with Crippen LogP contribution in [0.3, 0.4) is 0 Å². The minimum absolute atomic E-state index is 0.254. The van der Waals surface area contributed by atoms with Gasteiger partial charge in [-0.3, -0.25) is 0 Å². The smallest absolute Gasteiger partial charge is 0.209 e. The Labute approximate surface area is 286 Å². The van der Waals surface area contributed by atoms with E-state index < -0.39 is 9.84 Å². The third-order valence-corrected chi connectivity index (χ3v) is 12.0. The highest BCUT2D eigenvalue weighted by molar-refractivity contribution is 7.95. The molecule has 7 heteroatoms. The molecule has 0 saturated heterocycles. The normalized spacial score (nSPS) is 20.1. The molecule has 0 unspecified atom stereocenters. The first-order chi connectivity index (χ1) is 23.0. The molecule has 0 saturated carbocycles. The lowest BCUT2D eigenvalue weighted by molar-refractivity contribution is -0.441. The van der Waals surface area contributed by atoms with Gasteiger partial charge in [0.15, 0.2) is 12.3 Å². The number of fused-ring (bicyclic) bond motifs is 2. The molecule has 0 bridgehead atoms. The monoisotopic (exact) mass is 663 g/mol. The summed E-state index contributed by atoms with van der Waals surface area (Å²) in [5.41, 5.74) is 8.26. The highest BCUT2D eigenvalue weighted by atomic mass is 32.2. The zero-order chi connectivity index (χ0) is 34.1. The lowest BCUT2D eigenvalue weighted by Gasteiger charge is -2.27. The number of methoxy groups -OCH3 is 2. The van der Waals surface area contributed by atoms with E-state index in [0.29, 0.717) is 48.9 Å². The van der Waals surface area contributed by atoms with Crippen molar-refractivity contribution in [3.63, 3.8) is 0 Å². The average Bonchev–Trinajstić information content (AvgIpc) is 3.67. The molecule has 48 heavy (non-hydrogen) atoms. The molecular weight excluding hydrogens is 617 g/mol. The average molecular weight is 664 g/mol. The van der Waals surface area contributed by atoms with E-state index in [4.69, 9.17) is 9.47 Å². The fourth-order valence-electron chi connectivity index (χ4n) is 7.57. The molecule has 3 aromatic rings. The van der Waals surface area contributed by atoms with E-state index >= 15 is 0 Å². The van der Waals surface area contributed by atoms with Gasteiger partial charge in [-0.05, 0) is 67.7 Å². The number of nitrogens with zero attached hydrogens (tertiary/aromatic N) is 2. The quantitative estimate of drug-likeness (QED) is 0.195. The molecule has 0 N–H and O–H groups in total. The summed E-state index contributed by atoms with van der Waals surface area (Å²) in [4.78, 5) is 3.03. The molecule has 3 aromatic carbocycles.